The number of nitrogens with zero attached hydrogens (tertiary/aromatic N) is 1. The molecule has 0 saturated carbocycles. The zero-order valence-electron chi connectivity index (χ0n) is 12.0. The summed E-state index contributed by atoms with van der Waals surface area (Å²) in [5.74, 6) is -0.667. The SMILES string of the molecule is CC(=O)O.CC(C)=O.CCNC.CC[N-]C.[W]. The molecule has 0 aromatic heterocycles. The molecule has 0 spiro atoms. The first-order valence-electron chi connectivity index (χ1n) is 5.16. The van der Waals surface area contributed by atoms with Crippen LogP contribution in [0.15, 0.2) is 0 Å². The molecule has 17 heavy (non-hydrogen) atoms. The number of ketones is 1. The molecule has 0 atom stereocenters. The van der Waals surface area contributed by atoms with Crippen molar-refractivity contribution in [3.63, 3.8) is 0 Å². The van der Waals surface area contributed by atoms with Crippen molar-refractivity contribution < 1.29 is 35.8 Å². The number of hydrogen-bond donors (Lipinski definition) is 2. The second kappa shape index (κ2) is 36.0. The van der Waals surface area contributed by atoms with Gasteiger partial charge in [0.05, 0.1) is 0 Å². The van der Waals surface area contributed by atoms with Crippen molar-refractivity contribution >= 4 is 11.8 Å². The molecule has 0 heterocycles. The van der Waals surface area contributed by atoms with Gasteiger partial charge in [-0.1, -0.05) is 13.8 Å². The summed E-state index contributed by atoms with van der Waals surface area (Å²) >= 11 is 0. The van der Waals surface area contributed by atoms with Crippen molar-refractivity contribution in [1.82, 2.24) is 5.32 Å². The van der Waals surface area contributed by atoms with Crippen LogP contribution < -0.4 is 5.32 Å². The summed E-state index contributed by atoms with van der Waals surface area (Å²) < 4.78 is 0. The Hall–Kier alpha value is -0.252. The smallest absolute Gasteiger partial charge is 0.300 e. The molecule has 0 saturated heterocycles. The van der Waals surface area contributed by atoms with E-state index < -0.39 is 5.97 Å². The predicted octanol–water partition coefficient (Wildman–Crippen LogP) is 1.92. The molecule has 0 aliphatic heterocycles. The molecule has 0 aromatic rings. The van der Waals surface area contributed by atoms with E-state index in [1.807, 2.05) is 14.0 Å². The Labute approximate surface area is 120 Å². The number of nitrogens with one attached hydrogen (secondary N) is 1. The first-order chi connectivity index (χ1) is 7.29. The Balaban J connectivity index is -0.0000000369. The summed E-state index contributed by atoms with van der Waals surface area (Å²) in [6.07, 6.45) is 0. The molecule has 0 aliphatic carbocycles. The van der Waals surface area contributed by atoms with Crippen LogP contribution in [0.3, 0.4) is 0 Å². The van der Waals surface area contributed by atoms with Crippen molar-refractivity contribution in [2.45, 2.75) is 34.6 Å². The fraction of sp³-hybridized carbons (Fsp3) is 0.818. The van der Waals surface area contributed by atoms with Crippen LogP contribution in [-0.4, -0.2) is 44.0 Å². The summed E-state index contributed by atoms with van der Waals surface area (Å²) in [7, 11) is 3.74. The normalized spacial score (nSPS) is 6.53. The molecule has 6 heteroatoms. The summed E-state index contributed by atoms with van der Waals surface area (Å²) in [4.78, 5) is 18.4. The molecule has 0 aromatic carbocycles. The van der Waals surface area contributed by atoms with Crippen molar-refractivity contribution in [2.24, 2.45) is 0 Å². The molecule has 5 nitrogen and oxygen atoms in total. The van der Waals surface area contributed by atoms with E-state index in [0.717, 1.165) is 20.0 Å². The number of aliphatic carboxylic acids is 1. The van der Waals surface area contributed by atoms with Gasteiger partial charge in [-0.25, -0.2) is 0 Å². The van der Waals surface area contributed by atoms with Gasteiger partial charge in [0.2, 0.25) is 0 Å². The molecule has 0 unspecified atom stereocenters. The van der Waals surface area contributed by atoms with E-state index in [9.17, 15) is 4.79 Å². The minimum Gasteiger partial charge on any atom is -0.665 e. The van der Waals surface area contributed by atoms with E-state index >= 15 is 0 Å². The van der Waals surface area contributed by atoms with Crippen LogP contribution in [0.5, 0.6) is 0 Å². The van der Waals surface area contributed by atoms with Gasteiger partial charge >= 0.3 is 0 Å². The monoisotopic (exact) mass is 419 g/mol. The number of rotatable bonds is 2. The van der Waals surface area contributed by atoms with Crippen molar-refractivity contribution in [2.75, 3.05) is 27.2 Å². The number of hydrogen-bond acceptors (Lipinski definition) is 3. The minimum absolute atomic E-state index is 0. The van der Waals surface area contributed by atoms with Gasteiger partial charge in [-0.15, -0.1) is 0 Å². The standard InChI is InChI=1S/C3H9N.C3H8N.C3H6O.C2H4O2.W/c2*1-3-4-2;1-3(2)4;1-2(3)4;/h4H,3H2,1-2H3;3H2,1-2H3;1-2H3;1H3,(H,3,4);/q;-1;;;. The first-order valence-corrected chi connectivity index (χ1v) is 5.16. The largest absolute Gasteiger partial charge is 0.665 e. The van der Waals surface area contributed by atoms with Crippen LogP contribution in [0, 0.1) is 0 Å². The van der Waals surface area contributed by atoms with Crippen molar-refractivity contribution in [1.29, 1.82) is 0 Å². The van der Waals surface area contributed by atoms with Gasteiger partial charge in [-0.3, -0.25) is 4.79 Å². The number of Topliss-reactive ketones (excluding diaryl/α,β-unsaturated/α-hetero) is 1. The predicted molar refractivity (Wildman–Crippen MR) is 69.1 cm³/mol. The maximum Gasteiger partial charge on any atom is 0.300 e. The summed E-state index contributed by atoms with van der Waals surface area (Å²) in [6, 6.07) is 0. The Kier molecular flexibility index (Phi) is 63.8. The molecular formula is C11H27N2O3W-. The molecule has 0 aliphatic rings. The molecule has 0 fully saturated rings. The average molecular weight is 419 g/mol. The molecule has 0 bridgehead atoms. The Morgan fingerprint density at radius 1 is 1.18 bits per heavy atom. The number of carbonyl (C=O) groups excluding carboxylic acids is 1. The zero-order chi connectivity index (χ0) is 14.0. The van der Waals surface area contributed by atoms with Crippen molar-refractivity contribution in [3.8, 4) is 0 Å². The van der Waals surface area contributed by atoms with E-state index in [0.29, 0.717) is 0 Å². The number of carboxylic acids is 1. The van der Waals surface area contributed by atoms with Gasteiger partial charge in [0, 0.05) is 28.0 Å². The van der Waals surface area contributed by atoms with Gasteiger partial charge in [-0.05, 0) is 27.4 Å². The molecule has 0 amide bonds. The maximum absolute atomic E-state index is 9.44. The maximum atomic E-state index is 9.44. The topological polar surface area (TPSA) is 80.5 Å². The molecule has 2 N–H and O–H groups in total. The van der Waals surface area contributed by atoms with Gasteiger partial charge in [0.25, 0.3) is 5.97 Å². The zero-order valence-corrected chi connectivity index (χ0v) is 15.0. The number of carbonyl (C=O) groups is 2. The third kappa shape index (κ3) is 974. The fourth-order valence-corrected chi connectivity index (χ4v) is 0. The quantitative estimate of drug-likeness (QED) is 0.717. The van der Waals surface area contributed by atoms with Crippen LogP contribution in [-0.2, 0) is 30.7 Å². The van der Waals surface area contributed by atoms with Gasteiger partial charge in [0.1, 0.15) is 5.78 Å². The summed E-state index contributed by atoms with van der Waals surface area (Å²) in [5.41, 5.74) is 0. The van der Waals surface area contributed by atoms with Crippen LogP contribution in [0.1, 0.15) is 34.6 Å². The van der Waals surface area contributed by atoms with E-state index in [2.05, 4.69) is 17.6 Å². The molecular weight excluding hydrogens is 392 g/mol. The van der Waals surface area contributed by atoms with Crippen LogP contribution in [0.25, 0.3) is 5.32 Å². The Morgan fingerprint density at radius 2 is 1.29 bits per heavy atom. The average Bonchev–Trinajstić information content (AvgIpc) is 2.16. The second-order valence-corrected chi connectivity index (χ2v) is 2.77. The van der Waals surface area contributed by atoms with E-state index in [1.54, 1.807) is 7.05 Å². The molecule has 0 rings (SSSR count). The fourth-order valence-electron chi connectivity index (χ4n) is 0. The summed E-state index contributed by atoms with van der Waals surface area (Å²) in [5, 5.41) is 14.1. The van der Waals surface area contributed by atoms with Crippen LogP contribution in [0.2, 0.25) is 0 Å². The van der Waals surface area contributed by atoms with Crippen LogP contribution in [0.4, 0.5) is 0 Å². The Morgan fingerprint density at radius 3 is 1.29 bits per heavy atom. The first kappa shape index (κ1) is 30.1. The minimum atomic E-state index is -0.833. The molecule has 106 valence electrons. The third-order valence-electron chi connectivity index (χ3n) is 0.670. The van der Waals surface area contributed by atoms with Gasteiger partial charge in [0.15, 0.2) is 0 Å². The summed E-state index contributed by atoms with van der Waals surface area (Å²) in [6.45, 7) is 10.2. The third-order valence-corrected chi connectivity index (χ3v) is 0.670. The van der Waals surface area contributed by atoms with E-state index in [-0.39, 0.29) is 26.8 Å². The molecule has 0 radical (unpaired) electrons. The van der Waals surface area contributed by atoms with Gasteiger partial charge in [-0.2, -0.15) is 13.6 Å². The number of carboxylic acid groups (broad SMARTS) is 1. The Bertz CT molecular complexity index is 117. The van der Waals surface area contributed by atoms with Crippen LogP contribution >= 0.6 is 0 Å². The van der Waals surface area contributed by atoms with E-state index in [1.165, 1.54) is 13.8 Å². The van der Waals surface area contributed by atoms with Crippen molar-refractivity contribution in [3.05, 3.63) is 5.32 Å². The second-order valence-electron chi connectivity index (χ2n) is 2.77. The van der Waals surface area contributed by atoms with Gasteiger partial charge < -0.3 is 20.5 Å². The van der Waals surface area contributed by atoms with E-state index in [4.69, 9.17) is 9.90 Å².